The second kappa shape index (κ2) is 9.10. The third-order valence-electron chi connectivity index (χ3n) is 10.9. The molecular weight excluding hydrogens is 430 g/mol. The number of nitrogens with zero attached hydrogens (tertiary/aromatic N) is 1. The van der Waals surface area contributed by atoms with Crippen LogP contribution in [0.2, 0.25) is 5.02 Å². The van der Waals surface area contributed by atoms with Crippen molar-refractivity contribution in [1.82, 2.24) is 4.98 Å². The van der Waals surface area contributed by atoms with Crippen LogP contribution in [-0.4, -0.2) is 29.4 Å². The molecule has 4 fully saturated rings. The lowest BCUT2D eigenvalue weighted by atomic mass is 9.48. The molecule has 0 amide bonds. The summed E-state index contributed by atoms with van der Waals surface area (Å²) in [5, 5.41) is 11.8. The summed E-state index contributed by atoms with van der Waals surface area (Å²) in [5.41, 5.74) is 2.05. The average Bonchev–Trinajstić information content (AvgIpc) is 3.13. The first-order valence-corrected chi connectivity index (χ1v) is 14.0. The zero-order valence-corrected chi connectivity index (χ0v) is 21.9. The number of halogens is 1. The molecular formula is C29H44ClNO2. The lowest BCUT2D eigenvalue weighted by Crippen LogP contribution is -2.52. The summed E-state index contributed by atoms with van der Waals surface area (Å²) in [6.45, 7) is 7.66. The first-order valence-electron chi connectivity index (χ1n) is 13.6. The standard InChI is InChI=1S/C29H44ClNO2/c1-18(15-27-26(30)10-5-19(2)31-27)24-8-9-25-23-7-6-20-16-29(32,17-33-4)14-12-21(20)22(23)11-13-28(24,25)3/h5,10,18,20-25,32H,6-9,11-17H2,1-4H3/t18-,20-,21+,22-,23-,24?,25+,28-,29-/m1/s1. The van der Waals surface area contributed by atoms with Crippen molar-refractivity contribution in [2.24, 2.45) is 46.8 Å². The fourth-order valence-electron chi connectivity index (χ4n) is 9.52. The molecule has 1 N–H and O–H groups in total. The van der Waals surface area contributed by atoms with Gasteiger partial charge in [-0.05, 0) is 130 Å². The van der Waals surface area contributed by atoms with Gasteiger partial charge in [0, 0.05) is 12.8 Å². The van der Waals surface area contributed by atoms with Gasteiger partial charge in [-0.15, -0.1) is 0 Å². The second-order valence-electron chi connectivity index (χ2n) is 12.6. The van der Waals surface area contributed by atoms with Gasteiger partial charge in [0.2, 0.25) is 0 Å². The molecule has 0 saturated heterocycles. The van der Waals surface area contributed by atoms with Gasteiger partial charge in [-0.1, -0.05) is 25.4 Å². The largest absolute Gasteiger partial charge is 0.387 e. The first-order chi connectivity index (χ1) is 15.7. The summed E-state index contributed by atoms with van der Waals surface area (Å²) < 4.78 is 5.37. The van der Waals surface area contributed by atoms with Crippen molar-refractivity contribution < 1.29 is 9.84 Å². The molecule has 1 aromatic heterocycles. The van der Waals surface area contributed by atoms with Crippen LogP contribution in [0.5, 0.6) is 0 Å². The van der Waals surface area contributed by atoms with Crippen molar-refractivity contribution >= 4 is 11.6 Å². The van der Waals surface area contributed by atoms with Gasteiger partial charge in [0.15, 0.2) is 0 Å². The number of fused-ring (bicyclic) bond motifs is 5. The number of rotatable bonds is 5. The topological polar surface area (TPSA) is 42.4 Å². The number of hydrogen-bond acceptors (Lipinski definition) is 3. The molecule has 3 nitrogen and oxygen atoms in total. The van der Waals surface area contributed by atoms with E-state index in [9.17, 15) is 5.11 Å². The van der Waals surface area contributed by atoms with Crippen molar-refractivity contribution in [1.29, 1.82) is 0 Å². The molecule has 0 bridgehead atoms. The normalized spacial score (nSPS) is 43.5. The van der Waals surface area contributed by atoms with Crippen molar-refractivity contribution in [3.63, 3.8) is 0 Å². The minimum absolute atomic E-state index is 0.467. The van der Waals surface area contributed by atoms with E-state index in [1.165, 1.54) is 44.9 Å². The number of aryl methyl sites for hydroxylation is 1. The quantitative estimate of drug-likeness (QED) is 0.507. The van der Waals surface area contributed by atoms with Gasteiger partial charge in [0.1, 0.15) is 0 Å². The molecule has 1 unspecified atom stereocenters. The Hall–Kier alpha value is -0.640. The summed E-state index contributed by atoms with van der Waals surface area (Å²) in [7, 11) is 1.73. The van der Waals surface area contributed by atoms with Crippen LogP contribution in [0.3, 0.4) is 0 Å². The lowest BCUT2D eigenvalue weighted by molar-refractivity contribution is -0.125. The molecule has 1 aromatic rings. The third-order valence-corrected chi connectivity index (χ3v) is 11.2. The Morgan fingerprint density at radius 3 is 2.67 bits per heavy atom. The van der Waals surface area contributed by atoms with E-state index in [1.54, 1.807) is 7.11 Å². The molecule has 0 aliphatic heterocycles. The lowest BCUT2D eigenvalue weighted by Gasteiger charge is -2.57. The van der Waals surface area contributed by atoms with Gasteiger partial charge in [-0.2, -0.15) is 0 Å². The molecule has 1 heterocycles. The molecule has 33 heavy (non-hydrogen) atoms. The highest BCUT2D eigenvalue weighted by Gasteiger charge is 2.58. The van der Waals surface area contributed by atoms with Crippen LogP contribution in [0.1, 0.15) is 83.0 Å². The van der Waals surface area contributed by atoms with Gasteiger partial charge in [0.05, 0.1) is 22.9 Å². The van der Waals surface area contributed by atoms with Crippen LogP contribution in [0.15, 0.2) is 12.1 Å². The molecule has 4 aliphatic rings. The van der Waals surface area contributed by atoms with Gasteiger partial charge in [0.25, 0.3) is 0 Å². The molecule has 5 rings (SSSR count). The monoisotopic (exact) mass is 473 g/mol. The molecule has 4 saturated carbocycles. The number of hydrogen-bond donors (Lipinski definition) is 1. The van der Waals surface area contributed by atoms with Crippen LogP contribution >= 0.6 is 11.6 Å². The fraction of sp³-hybridized carbons (Fsp3) is 0.828. The van der Waals surface area contributed by atoms with E-state index >= 15 is 0 Å². The molecule has 0 radical (unpaired) electrons. The first kappa shape index (κ1) is 24.1. The van der Waals surface area contributed by atoms with Crippen molar-refractivity contribution in [3.8, 4) is 0 Å². The Kier molecular flexibility index (Phi) is 6.64. The smallest absolute Gasteiger partial charge is 0.0882 e. The minimum Gasteiger partial charge on any atom is -0.387 e. The minimum atomic E-state index is -0.578. The number of ether oxygens (including phenoxy) is 1. The van der Waals surface area contributed by atoms with Crippen molar-refractivity contribution in [2.45, 2.75) is 90.6 Å². The van der Waals surface area contributed by atoms with Crippen molar-refractivity contribution in [2.75, 3.05) is 13.7 Å². The zero-order chi connectivity index (χ0) is 23.4. The molecule has 4 aliphatic carbocycles. The zero-order valence-electron chi connectivity index (χ0n) is 21.2. The molecule has 4 heteroatoms. The second-order valence-corrected chi connectivity index (χ2v) is 13.0. The van der Waals surface area contributed by atoms with Crippen LogP contribution in [-0.2, 0) is 11.2 Å². The van der Waals surface area contributed by atoms with E-state index in [2.05, 4.69) is 20.8 Å². The van der Waals surface area contributed by atoms with E-state index in [0.717, 1.165) is 65.3 Å². The maximum atomic E-state index is 11.0. The van der Waals surface area contributed by atoms with Gasteiger partial charge >= 0.3 is 0 Å². The average molecular weight is 474 g/mol. The summed E-state index contributed by atoms with van der Waals surface area (Å²) in [6, 6.07) is 4.04. The van der Waals surface area contributed by atoms with E-state index in [-0.39, 0.29) is 0 Å². The fourth-order valence-corrected chi connectivity index (χ4v) is 9.70. The summed E-state index contributed by atoms with van der Waals surface area (Å²) in [5.74, 6) is 5.60. The molecule has 0 aromatic carbocycles. The predicted molar refractivity (Wildman–Crippen MR) is 134 cm³/mol. The number of aliphatic hydroxyl groups is 1. The van der Waals surface area contributed by atoms with Crippen molar-refractivity contribution in [3.05, 3.63) is 28.5 Å². The van der Waals surface area contributed by atoms with Crippen LogP contribution in [0, 0.1) is 53.8 Å². The third kappa shape index (κ3) is 4.29. The van der Waals surface area contributed by atoms with Crippen LogP contribution in [0.25, 0.3) is 0 Å². The Labute approximate surface area is 206 Å². The van der Waals surface area contributed by atoms with E-state index in [4.69, 9.17) is 21.3 Å². The number of aromatic nitrogens is 1. The molecule has 184 valence electrons. The van der Waals surface area contributed by atoms with Crippen LogP contribution in [0.4, 0.5) is 0 Å². The van der Waals surface area contributed by atoms with Gasteiger partial charge in [-0.25, -0.2) is 0 Å². The van der Waals surface area contributed by atoms with Gasteiger partial charge in [-0.3, -0.25) is 4.98 Å². The summed E-state index contributed by atoms with van der Waals surface area (Å²) in [6.07, 6.45) is 12.3. The van der Waals surface area contributed by atoms with E-state index < -0.39 is 5.60 Å². The Bertz CT molecular complexity index is 860. The summed E-state index contributed by atoms with van der Waals surface area (Å²) >= 11 is 6.53. The van der Waals surface area contributed by atoms with E-state index in [1.807, 2.05) is 12.1 Å². The highest BCUT2D eigenvalue weighted by molar-refractivity contribution is 6.31. The number of pyridine rings is 1. The highest BCUT2D eigenvalue weighted by Crippen LogP contribution is 2.65. The Morgan fingerprint density at radius 2 is 1.88 bits per heavy atom. The van der Waals surface area contributed by atoms with E-state index in [0.29, 0.717) is 23.9 Å². The SMILES string of the molecule is COC[C@@]1(O)CC[C@H]2[C@H](CC[C@@H]3[C@@H]2CC[C@]2(C)C([C@H](C)Cc4nc(C)ccc4Cl)CC[C@@H]32)C1. The maximum Gasteiger partial charge on any atom is 0.0882 e. The predicted octanol–water partition coefficient (Wildman–Crippen LogP) is 6.87. The molecule has 0 spiro atoms. The van der Waals surface area contributed by atoms with Crippen LogP contribution < -0.4 is 0 Å². The highest BCUT2D eigenvalue weighted by atomic mass is 35.5. The maximum absolute atomic E-state index is 11.0. The molecule has 9 atom stereocenters. The summed E-state index contributed by atoms with van der Waals surface area (Å²) in [4.78, 5) is 4.79. The van der Waals surface area contributed by atoms with Gasteiger partial charge < -0.3 is 9.84 Å². The Balaban J connectivity index is 1.29. The number of methoxy groups -OCH3 is 1. The Morgan fingerprint density at radius 1 is 1.09 bits per heavy atom.